The Balaban J connectivity index is 1.30. The average molecular weight is 462 g/mol. The topological polar surface area (TPSA) is 90.7 Å². The summed E-state index contributed by atoms with van der Waals surface area (Å²) in [6, 6.07) is 7.74. The summed E-state index contributed by atoms with van der Waals surface area (Å²) in [6.45, 7) is 1.06. The lowest BCUT2D eigenvalue weighted by molar-refractivity contribution is -0.163. The number of nitrogens with zero attached hydrogens (tertiary/aromatic N) is 3. The molecular formula is C27H31N3O4. The van der Waals surface area contributed by atoms with Crippen LogP contribution in [0.4, 0.5) is 5.69 Å². The van der Waals surface area contributed by atoms with Crippen molar-refractivity contribution in [3.05, 3.63) is 29.8 Å². The number of carbonyl (C=O) groups excluding carboxylic acids is 3. The van der Waals surface area contributed by atoms with E-state index in [0.717, 1.165) is 32.1 Å². The van der Waals surface area contributed by atoms with Crippen molar-refractivity contribution in [1.29, 1.82) is 5.26 Å². The number of hydrogen-bond acceptors (Lipinski definition) is 5. The maximum absolute atomic E-state index is 14.3. The summed E-state index contributed by atoms with van der Waals surface area (Å²) >= 11 is 0. The Bertz CT molecular complexity index is 1020. The van der Waals surface area contributed by atoms with E-state index < -0.39 is 6.04 Å². The van der Waals surface area contributed by atoms with Gasteiger partial charge in [-0.1, -0.05) is 0 Å². The molecule has 7 rings (SSSR count). The molecule has 0 N–H and O–H groups in total. The van der Waals surface area contributed by atoms with Crippen LogP contribution >= 0.6 is 0 Å². The molecule has 4 bridgehead atoms. The highest BCUT2D eigenvalue weighted by molar-refractivity contribution is 6.23. The highest BCUT2D eigenvalue weighted by Crippen LogP contribution is 2.60. The third kappa shape index (κ3) is 3.54. The fourth-order valence-corrected chi connectivity index (χ4v) is 7.85. The van der Waals surface area contributed by atoms with Gasteiger partial charge in [0, 0.05) is 13.2 Å². The van der Waals surface area contributed by atoms with Gasteiger partial charge in [-0.25, -0.2) is 4.90 Å². The molecule has 2 unspecified atom stereocenters. The second-order valence-electron chi connectivity index (χ2n) is 11.2. The van der Waals surface area contributed by atoms with E-state index in [2.05, 4.69) is 6.07 Å². The highest BCUT2D eigenvalue weighted by Gasteiger charge is 2.57. The Morgan fingerprint density at radius 2 is 1.74 bits per heavy atom. The Labute approximate surface area is 200 Å². The van der Waals surface area contributed by atoms with Gasteiger partial charge in [0.05, 0.1) is 35.3 Å². The standard InChI is InChI=1S/C27H31N3O4/c28-15-17-3-5-21(6-4-17)30-24(31)11-23(25(30)32)29(16-22-2-1-7-34-22)26(33)27-12-18-8-19(13-27)10-20(9-18)14-27/h3-6,18-20,22-23H,1-2,7-14,16H2. The van der Waals surface area contributed by atoms with Crippen molar-refractivity contribution in [3.8, 4) is 6.07 Å². The third-order valence-electron chi connectivity index (χ3n) is 8.93. The molecule has 0 aromatic heterocycles. The lowest BCUT2D eigenvalue weighted by Crippen LogP contribution is -2.58. The second kappa shape index (κ2) is 8.20. The Morgan fingerprint density at radius 3 is 2.29 bits per heavy atom. The first-order valence-electron chi connectivity index (χ1n) is 12.8. The number of hydrogen-bond donors (Lipinski definition) is 0. The van der Waals surface area contributed by atoms with Crippen LogP contribution in [0.2, 0.25) is 0 Å². The molecule has 3 amide bonds. The summed E-state index contributed by atoms with van der Waals surface area (Å²) < 4.78 is 5.88. The number of benzene rings is 1. The first-order valence-corrected chi connectivity index (χ1v) is 12.8. The normalized spacial score (nSPS) is 36.2. The van der Waals surface area contributed by atoms with E-state index in [1.54, 1.807) is 29.2 Å². The number of anilines is 1. The number of nitriles is 1. The molecule has 4 aliphatic carbocycles. The van der Waals surface area contributed by atoms with Gasteiger partial charge in [0.25, 0.3) is 5.91 Å². The van der Waals surface area contributed by atoms with E-state index in [9.17, 15) is 14.4 Å². The fourth-order valence-electron chi connectivity index (χ4n) is 7.85. The molecule has 34 heavy (non-hydrogen) atoms. The molecule has 7 nitrogen and oxygen atoms in total. The number of imide groups is 1. The van der Waals surface area contributed by atoms with Crippen molar-refractivity contribution in [2.45, 2.75) is 69.9 Å². The van der Waals surface area contributed by atoms with Gasteiger partial charge < -0.3 is 9.64 Å². The van der Waals surface area contributed by atoms with Crippen LogP contribution in [-0.4, -0.2) is 47.9 Å². The van der Waals surface area contributed by atoms with Gasteiger partial charge in [-0.15, -0.1) is 0 Å². The summed E-state index contributed by atoms with van der Waals surface area (Å²) in [5, 5.41) is 9.07. The van der Waals surface area contributed by atoms with Crippen LogP contribution < -0.4 is 4.90 Å². The molecule has 2 saturated heterocycles. The van der Waals surface area contributed by atoms with Gasteiger partial charge >= 0.3 is 0 Å². The van der Waals surface area contributed by atoms with Gasteiger partial charge in [-0.05, 0) is 93.4 Å². The van der Waals surface area contributed by atoms with Crippen LogP contribution in [0.1, 0.15) is 63.4 Å². The van der Waals surface area contributed by atoms with Crippen LogP contribution in [0.25, 0.3) is 0 Å². The zero-order valence-electron chi connectivity index (χ0n) is 19.4. The summed E-state index contributed by atoms with van der Waals surface area (Å²) in [5.41, 5.74) is 0.547. The smallest absolute Gasteiger partial charge is 0.257 e. The van der Waals surface area contributed by atoms with Crippen molar-refractivity contribution in [3.63, 3.8) is 0 Å². The molecule has 0 spiro atoms. The SMILES string of the molecule is N#Cc1ccc(N2C(=O)CC(N(CC3CCCO3)C(=O)C34CC5CC(CC(C5)C3)C4)C2=O)cc1. The highest BCUT2D eigenvalue weighted by atomic mass is 16.5. The van der Waals surface area contributed by atoms with E-state index in [-0.39, 0.29) is 35.7 Å². The number of ether oxygens (including phenoxy) is 1. The van der Waals surface area contributed by atoms with E-state index >= 15 is 0 Å². The first-order chi connectivity index (χ1) is 16.5. The lowest BCUT2D eigenvalue weighted by Gasteiger charge is -2.57. The van der Waals surface area contributed by atoms with Crippen molar-refractivity contribution < 1.29 is 19.1 Å². The molecule has 6 aliphatic rings. The Hall–Kier alpha value is -2.72. The monoisotopic (exact) mass is 461 g/mol. The van der Waals surface area contributed by atoms with Crippen LogP contribution in [0.15, 0.2) is 24.3 Å². The summed E-state index contributed by atoms with van der Waals surface area (Å²) in [7, 11) is 0. The summed E-state index contributed by atoms with van der Waals surface area (Å²) in [5.74, 6) is 1.30. The van der Waals surface area contributed by atoms with E-state index in [1.807, 2.05) is 0 Å². The lowest BCUT2D eigenvalue weighted by atomic mass is 9.49. The molecule has 2 aliphatic heterocycles. The van der Waals surface area contributed by atoms with Crippen LogP contribution in [-0.2, 0) is 19.1 Å². The Kier molecular flexibility index (Phi) is 5.25. The van der Waals surface area contributed by atoms with Crippen LogP contribution in [0.3, 0.4) is 0 Å². The zero-order chi connectivity index (χ0) is 23.4. The molecule has 2 heterocycles. The minimum atomic E-state index is -0.784. The second-order valence-corrected chi connectivity index (χ2v) is 11.2. The zero-order valence-corrected chi connectivity index (χ0v) is 19.4. The molecule has 7 heteroatoms. The van der Waals surface area contributed by atoms with Crippen LogP contribution in [0.5, 0.6) is 0 Å². The molecule has 1 aromatic carbocycles. The van der Waals surface area contributed by atoms with E-state index in [4.69, 9.17) is 10.00 Å². The summed E-state index contributed by atoms with van der Waals surface area (Å²) in [6.07, 6.45) is 8.25. The number of amides is 3. The maximum atomic E-state index is 14.3. The maximum Gasteiger partial charge on any atom is 0.257 e. The summed E-state index contributed by atoms with van der Waals surface area (Å²) in [4.78, 5) is 43.9. The van der Waals surface area contributed by atoms with Crippen molar-refractivity contribution in [1.82, 2.24) is 4.90 Å². The Morgan fingerprint density at radius 1 is 1.09 bits per heavy atom. The minimum Gasteiger partial charge on any atom is -0.376 e. The molecule has 0 radical (unpaired) electrons. The van der Waals surface area contributed by atoms with Gasteiger partial charge in [0.15, 0.2) is 0 Å². The van der Waals surface area contributed by atoms with Gasteiger partial charge in [-0.3, -0.25) is 14.4 Å². The number of carbonyl (C=O) groups is 3. The average Bonchev–Trinajstić information content (AvgIpc) is 3.43. The van der Waals surface area contributed by atoms with Crippen molar-refractivity contribution in [2.75, 3.05) is 18.1 Å². The minimum absolute atomic E-state index is 0.00363. The first kappa shape index (κ1) is 21.8. The largest absolute Gasteiger partial charge is 0.376 e. The van der Waals surface area contributed by atoms with E-state index in [0.29, 0.717) is 42.2 Å². The van der Waals surface area contributed by atoms with Gasteiger partial charge in [0.2, 0.25) is 11.8 Å². The number of rotatable bonds is 5. The molecule has 6 fully saturated rings. The molecule has 1 aromatic rings. The predicted octanol–water partition coefficient (Wildman–Crippen LogP) is 3.41. The molecule has 4 saturated carbocycles. The van der Waals surface area contributed by atoms with Crippen LogP contribution in [0, 0.1) is 34.5 Å². The fraction of sp³-hybridized carbons (Fsp3) is 0.630. The van der Waals surface area contributed by atoms with Gasteiger partial charge in [-0.2, -0.15) is 5.26 Å². The predicted molar refractivity (Wildman–Crippen MR) is 123 cm³/mol. The molecule has 2 atom stereocenters. The van der Waals surface area contributed by atoms with Gasteiger partial charge in [0.1, 0.15) is 6.04 Å². The van der Waals surface area contributed by atoms with Crippen molar-refractivity contribution >= 4 is 23.4 Å². The van der Waals surface area contributed by atoms with Crippen molar-refractivity contribution in [2.24, 2.45) is 23.2 Å². The molecular weight excluding hydrogens is 430 g/mol. The third-order valence-corrected chi connectivity index (χ3v) is 8.93. The quantitative estimate of drug-likeness (QED) is 0.627. The van der Waals surface area contributed by atoms with E-state index in [1.165, 1.54) is 24.2 Å². The molecule has 178 valence electrons.